The van der Waals surface area contributed by atoms with Crippen LogP contribution in [0.25, 0.3) is 0 Å². The zero-order valence-corrected chi connectivity index (χ0v) is 12.7. The van der Waals surface area contributed by atoms with Crippen LogP contribution in [0.4, 0.5) is 17.2 Å². The second kappa shape index (κ2) is 6.79. The Bertz CT molecular complexity index is 780. The average molecular weight is 307 g/mol. The van der Waals surface area contributed by atoms with Gasteiger partial charge in [-0.05, 0) is 42.3 Å². The highest BCUT2D eigenvalue weighted by atomic mass is 16.3. The van der Waals surface area contributed by atoms with Gasteiger partial charge in [-0.2, -0.15) is 0 Å². The second-order valence-corrected chi connectivity index (χ2v) is 5.00. The predicted molar refractivity (Wildman–Crippen MR) is 90.0 cm³/mol. The van der Waals surface area contributed by atoms with Gasteiger partial charge in [-0.25, -0.2) is 4.98 Å². The van der Waals surface area contributed by atoms with E-state index in [1.807, 2.05) is 24.3 Å². The summed E-state index contributed by atoms with van der Waals surface area (Å²) in [6.45, 7) is 2.12. The zero-order chi connectivity index (χ0) is 16.1. The van der Waals surface area contributed by atoms with Crippen LogP contribution in [0.15, 0.2) is 65.4 Å². The molecule has 5 heteroatoms. The van der Waals surface area contributed by atoms with Gasteiger partial charge in [0.05, 0.1) is 18.1 Å². The molecule has 0 aliphatic carbocycles. The number of nitrogens with one attached hydrogen (secondary N) is 2. The van der Waals surface area contributed by atoms with Gasteiger partial charge >= 0.3 is 0 Å². The van der Waals surface area contributed by atoms with Gasteiger partial charge in [0.1, 0.15) is 5.82 Å². The van der Waals surface area contributed by atoms with Gasteiger partial charge < -0.3 is 15.1 Å². The lowest BCUT2D eigenvalue weighted by molar-refractivity contribution is 0.0996. The Balaban J connectivity index is 1.68. The molecule has 0 aliphatic heterocycles. The van der Waals surface area contributed by atoms with Crippen molar-refractivity contribution in [2.45, 2.75) is 13.3 Å². The molecule has 23 heavy (non-hydrogen) atoms. The van der Waals surface area contributed by atoms with Crippen molar-refractivity contribution < 1.29 is 9.21 Å². The van der Waals surface area contributed by atoms with Crippen LogP contribution >= 0.6 is 0 Å². The number of aryl methyl sites for hydroxylation is 1. The molecule has 0 radical (unpaired) electrons. The fourth-order valence-electron chi connectivity index (χ4n) is 2.23. The van der Waals surface area contributed by atoms with E-state index in [0.29, 0.717) is 5.82 Å². The summed E-state index contributed by atoms with van der Waals surface area (Å²) in [6.07, 6.45) is 4.10. The minimum absolute atomic E-state index is 0.255. The van der Waals surface area contributed by atoms with E-state index in [1.165, 1.54) is 11.8 Å². The van der Waals surface area contributed by atoms with Crippen molar-refractivity contribution in [3.63, 3.8) is 0 Å². The summed E-state index contributed by atoms with van der Waals surface area (Å²) >= 11 is 0. The van der Waals surface area contributed by atoms with Gasteiger partial charge in [0.15, 0.2) is 5.76 Å². The smallest absolute Gasteiger partial charge is 0.292 e. The number of carbonyl (C=O) groups is 1. The highest BCUT2D eigenvalue weighted by molar-refractivity contribution is 6.01. The molecule has 3 aromatic rings. The molecule has 116 valence electrons. The number of benzene rings is 1. The lowest BCUT2D eigenvalue weighted by Crippen LogP contribution is -2.11. The minimum Gasteiger partial charge on any atom is -0.459 e. The van der Waals surface area contributed by atoms with Gasteiger partial charge in [-0.3, -0.25) is 4.79 Å². The molecule has 2 aromatic heterocycles. The summed E-state index contributed by atoms with van der Waals surface area (Å²) in [7, 11) is 0. The first-order valence-corrected chi connectivity index (χ1v) is 7.42. The van der Waals surface area contributed by atoms with E-state index in [-0.39, 0.29) is 11.7 Å². The Kier molecular flexibility index (Phi) is 4.38. The maximum Gasteiger partial charge on any atom is 0.292 e. The van der Waals surface area contributed by atoms with E-state index in [4.69, 9.17) is 4.42 Å². The second-order valence-electron chi connectivity index (χ2n) is 5.00. The summed E-state index contributed by atoms with van der Waals surface area (Å²) in [4.78, 5) is 16.1. The van der Waals surface area contributed by atoms with Crippen LogP contribution < -0.4 is 10.6 Å². The standard InChI is InChI=1S/C18H17N3O2/c1-2-13-6-3-4-7-15(13)20-14-9-10-17(19-12-14)21-18(22)16-8-5-11-23-16/h3-12,20H,2H2,1H3,(H,19,21,22). The van der Waals surface area contributed by atoms with Gasteiger partial charge in [-0.1, -0.05) is 25.1 Å². The average Bonchev–Trinajstić information content (AvgIpc) is 3.12. The van der Waals surface area contributed by atoms with Crippen molar-refractivity contribution in [1.82, 2.24) is 4.98 Å². The van der Waals surface area contributed by atoms with E-state index >= 15 is 0 Å². The minimum atomic E-state index is -0.320. The van der Waals surface area contributed by atoms with E-state index in [0.717, 1.165) is 17.8 Å². The number of furan rings is 1. The Morgan fingerprint density at radius 2 is 2.00 bits per heavy atom. The van der Waals surface area contributed by atoms with Crippen LogP contribution in [0.2, 0.25) is 0 Å². The molecule has 5 nitrogen and oxygen atoms in total. The van der Waals surface area contributed by atoms with Crippen LogP contribution in [0.1, 0.15) is 23.0 Å². The van der Waals surface area contributed by atoms with E-state index in [2.05, 4.69) is 28.6 Å². The summed E-state index contributed by atoms with van der Waals surface area (Å²) in [6, 6.07) is 15.0. The van der Waals surface area contributed by atoms with Crippen molar-refractivity contribution in [2.75, 3.05) is 10.6 Å². The molecule has 3 rings (SSSR count). The van der Waals surface area contributed by atoms with Crippen molar-refractivity contribution >= 4 is 23.1 Å². The molecule has 0 saturated carbocycles. The van der Waals surface area contributed by atoms with E-state index in [1.54, 1.807) is 24.4 Å². The molecule has 0 bridgehead atoms. The van der Waals surface area contributed by atoms with Gasteiger partial charge in [0.2, 0.25) is 0 Å². The maximum absolute atomic E-state index is 11.9. The lowest BCUT2D eigenvalue weighted by Gasteiger charge is -2.11. The van der Waals surface area contributed by atoms with E-state index in [9.17, 15) is 4.79 Å². The normalized spacial score (nSPS) is 10.3. The fraction of sp³-hybridized carbons (Fsp3) is 0.111. The Morgan fingerprint density at radius 1 is 1.13 bits per heavy atom. The van der Waals surface area contributed by atoms with Crippen molar-refractivity contribution in [2.24, 2.45) is 0 Å². The lowest BCUT2D eigenvalue weighted by atomic mass is 10.1. The van der Waals surface area contributed by atoms with Crippen molar-refractivity contribution in [3.8, 4) is 0 Å². The highest BCUT2D eigenvalue weighted by Gasteiger charge is 2.09. The Hall–Kier alpha value is -3.08. The number of hydrogen-bond donors (Lipinski definition) is 2. The van der Waals surface area contributed by atoms with Crippen molar-refractivity contribution in [3.05, 3.63) is 72.3 Å². The third kappa shape index (κ3) is 3.58. The molecule has 0 fully saturated rings. The van der Waals surface area contributed by atoms with Crippen LogP contribution in [0, 0.1) is 0 Å². The molecule has 2 N–H and O–H groups in total. The third-order valence-electron chi connectivity index (χ3n) is 3.43. The van der Waals surface area contributed by atoms with Crippen LogP contribution in [-0.2, 0) is 6.42 Å². The van der Waals surface area contributed by atoms with Crippen LogP contribution in [0.3, 0.4) is 0 Å². The molecule has 0 spiro atoms. The first kappa shape index (κ1) is 14.8. The SMILES string of the molecule is CCc1ccccc1Nc1ccc(NC(=O)c2ccco2)nc1. The van der Waals surface area contributed by atoms with Gasteiger partial charge in [0.25, 0.3) is 5.91 Å². The molecule has 0 atom stereocenters. The number of nitrogens with zero attached hydrogens (tertiary/aromatic N) is 1. The highest BCUT2D eigenvalue weighted by Crippen LogP contribution is 2.21. The Morgan fingerprint density at radius 3 is 2.70 bits per heavy atom. The van der Waals surface area contributed by atoms with Gasteiger partial charge in [-0.15, -0.1) is 0 Å². The number of para-hydroxylation sites is 1. The molecular formula is C18H17N3O2. The quantitative estimate of drug-likeness (QED) is 0.740. The van der Waals surface area contributed by atoms with Crippen LogP contribution in [-0.4, -0.2) is 10.9 Å². The summed E-state index contributed by atoms with van der Waals surface area (Å²) < 4.78 is 5.04. The number of carbonyl (C=O) groups excluding carboxylic acids is 1. The number of amides is 1. The molecule has 0 unspecified atom stereocenters. The largest absolute Gasteiger partial charge is 0.459 e. The Labute approximate surface area is 134 Å². The zero-order valence-electron chi connectivity index (χ0n) is 12.7. The molecule has 2 heterocycles. The first-order valence-electron chi connectivity index (χ1n) is 7.42. The van der Waals surface area contributed by atoms with Crippen molar-refractivity contribution in [1.29, 1.82) is 0 Å². The topological polar surface area (TPSA) is 67.2 Å². The third-order valence-corrected chi connectivity index (χ3v) is 3.43. The van der Waals surface area contributed by atoms with E-state index < -0.39 is 0 Å². The number of anilines is 3. The first-order chi connectivity index (χ1) is 11.3. The monoisotopic (exact) mass is 307 g/mol. The molecule has 0 saturated heterocycles. The summed E-state index contributed by atoms with van der Waals surface area (Å²) in [5.74, 6) is 0.408. The molecule has 0 aliphatic rings. The maximum atomic E-state index is 11.9. The number of rotatable bonds is 5. The number of aromatic nitrogens is 1. The summed E-state index contributed by atoms with van der Waals surface area (Å²) in [5.41, 5.74) is 3.16. The number of pyridine rings is 1. The van der Waals surface area contributed by atoms with Gasteiger partial charge in [0, 0.05) is 5.69 Å². The molecule has 1 amide bonds. The fourth-order valence-corrected chi connectivity index (χ4v) is 2.23. The molecule has 1 aromatic carbocycles. The summed E-state index contributed by atoms with van der Waals surface area (Å²) in [5, 5.41) is 6.02. The predicted octanol–water partition coefficient (Wildman–Crippen LogP) is 4.23. The number of hydrogen-bond acceptors (Lipinski definition) is 4. The molecular weight excluding hydrogens is 290 g/mol. The van der Waals surface area contributed by atoms with Crippen LogP contribution in [0.5, 0.6) is 0 Å².